The van der Waals surface area contributed by atoms with Crippen molar-refractivity contribution in [1.82, 2.24) is 0 Å². The molecule has 1 unspecified atom stereocenters. The van der Waals surface area contributed by atoms with E-state index in [4.69, 9.17) is 9.05 Å². The second kappa shape index (κ2) is 5.32. The van der Waals surface area contributed by atoms with Gasteiger partial charge in [0.25, 0.3) is 0 Å². The first-order valence-corrected chi connectivity index (χ1v) is 6.99. The van der Waals surface area contributed by atoms with Gasteiger partial charge in [-0.1, -0.05) is 31.2 Å². The molecular weight excluding hydrogens is 239 g/mol. The fraction of sp³-hybridized carbons (Fsp3) is 0.500. The molecule has 1 aromatic rings. The molecule has 96 valence electrons. The van der Waals surface area contributed by atoms with Crippen molar-refractivity contribution in [2.75, 3.05) is 14.2 Å². The summed E-state index contributed by atoms with van der Waals surface area (Å²) in [4.78, 5) is 0. The van der Waals surface area contributed by atoms with E-state index in [1.807, 2.05) is 19.1 Å². The summed E-state index contributed by atoms with van der Waals surface area (Å²) in [6.45, 7) is 3.48. The third-order valence-corrected chi connectivity index (χ3v) is 5.21. The lowest BCUT2D eigenvalue weighted by atomic mass is 10.1. The summed E-state index contributed by atoms with van der Waals surface area (Å²) in [5.41, 5.74) is 1.66. The van der Waals surface area contributed by atoms with Crippen LogP contribution in [0.25, 0.3) is 0 Å². The van der Waals surface area contributed by atoms with Crippen LogP contribution in [0.2, 0.25) is 0 Å². The summed E-state index contributed by atoms with van der Waals surface area (Å²) in [6, 6.07) is 7.26. The molecule has 0 radical (unpaired) electrons. The Labute approximate surface area is 102 Å². The van der Waals surface area contributed by atoms with Gasteiger partial charge in [-0.25, -0.2) is 0 Å². The number of aliphatic hydroxyl groups is 1. The van der Waals surface area contributed by atoms with Gasteiger partial charge < -0.3 is 14.2 Å². The maximum absolute atomic E-state index is 12.2. The average molecular weight is 258 g/mol. The van der Waals surface area contributed by atoms with Crippen LogP contribution in [0.5, 0.6) is 0 Å². The van der Waals surface area contributed by atoms with Crippen molar-refractivity contribution in [3.63, 3.8) is 0 Å². The maximum Gasteiger partial charge on any atom is 0.365 e. The Balaban J connectivity index is 3.15. The number of aryl methyl sites for hydroxylation is 1. The molecule has 0 aromatic heterocycles. The minimum Gasteiger partial charge on any atom is -0.373 e. The van der Waals surface area contributed by atoms with E-state index in [1.165, 1.54) is 21.1 Å². The summed E-state index contributed by atoms with van der Waals surface area (Å²) >= 11 is 0. The third kappa shape index (κ3) is 2.61. The average Bonchev–Trinajstić information content (AvgIpc) is 2.37. The van der Waals surface area contributed by atoms with Gasteiger partial charge in [0.2, 0.25) is 0 Å². The number of rotatable bonds is 5. The van der Waals surface area contributed by atoms with E-state index in [-0.39, 0.29) is 0 Å². The molecule has 0 fully saturated rings. The van der Waals surface area contributed by atoms with Gasteiger partial charge in [0.15, 0.2) is 5.34 Å². The zero-order valence-electron chi connectivity index (χ0n) is 10.6. The van der Waals surface area contributed by atoms with Crippen molar-refractivity contribution in [2.45, 2.75) is 25.6 Å². The van der Waals surface area contributed by atoms with Crippen LogP contribution in [0, 0.1) is 0 Å². The summed E-state index contributed by atoms with van der Waals surface area (Å²) in [7, 11) is -1.05. The molecule has 0 saturated carbocycles. The molecule has 1 rings (SSSR count). The maximum atomic E-state index is 12.2. The molecule has 1 aromatic carbocycles. The van der Waals surface area contributed by atoms with E-state index in [9.17, 15) is 9.67 Å². The highest BCUT2D eigenvalue weighted by Gasteiger charge is 2.46. The standard InChI is InChI=1S/C12H19O4P/c1-5-10-6-8-11(9-7-10)12(2,13)17(14,15-3)16-4/h6-9,13H,5H2,1-4H3. The van der Waals surface area contributed by atoms with Gasteiger partial charge in [-0.3, -0.25) is 4.57 Å². The largest absolute Gasteiger partial charge is 0.373 e. The normalized spacial score (nSPS) is 15.6. The Morgan fingerprint density at radius 2 is 1.71 bits per heavy atom. The number of hydrogen-bond donors (Lipinski definition) is 1. The molecule has 0 spiro atoms. The van der Waals surface area contributed by atoms with Crippen LogP contribution >= 0.6 is 7.60 Å². The molecule has 1 atom stereocenters. The minimum absolute atomic E-state index is 0.515. The van der Waals surface area contributed by atoms with Crippen molar-refractivity contribution in [3.8, 4) is 0 Å². The summed E-state index contributed by atoms with van der Waals surface area (Å²) in [5, 5.41) is 8.71. The van der Waals surface area contributed by atoms with Gasteiger partial charge in [-0.2, -0.15) is 0 Å². The molecule has 0 bridgehead atoms. The molecule has 4 nitrogen and oxygen atoms in total. The van der Waals surface area contributed by atoms with Crippen LogP contribution in [0.4, 0.5) is 0 Å². The van der Waals surface area contributed by atoms with Crippen molar-refractivity contribution < 1.29 is 18.7 Å². The molecular formula is C12H19O4P. The van der Waals surface area contributed by atoms with Crippen LogP contribution in [-0.4, -0.2) is 19.3 Å². The van der Waals surface area contributed by atoms with Gasteiger partial charge in [-0.15, -0.1) is 0 Å². The van der Waals surface area contributed by atoms with Crippen LogP contribution in [0.15, 0.2) is 24.3 Å². The summed E-state index contributed by atoms with van der Waals surface area (Å²) in [5.74, 6) is 0. The highest BCUT2D eigenvalue weighted by molar-refractivity contribution is 7.54. The molecule has 17 heavy (non-hydrogen) atoms. The lowest BCUT2D eigenvalue weighted by Gasteiger charge is -2.30. The van der Waals surface area contributed by atoms with Gasteiger partial charge >= 0.3 is 7.60 Å². The first-order chi connectivity index (χ1) is 7.91. The monoisotopic (exact) mass is 258 g/mol. The Hall–Kier alpha value is -0.670. The smallest absolute Gasteiger partial charge is 0.365 e. The lowest BCUT2D eigenvalue weighted by Crippen LogP contribution is -2.23. The van der Waals surface area contributed by atoms with Crippen LogP contribution in [0.1, 0.15) is 25.0 Å². The molecule has 0 aliphatic carbocycles. The molecule has 5 heteroatoms. The Kier molecular flexibility index (Phi) is 4.50. The van der Waals surface area contributed by atoms with E-state index in [0.29, 0.717) is 5.56 Å². The Morgan fingerprint density at radius 3 is 2.06 bits per heavy atom. The van der Waals surface area contributed by atoms with Crippen LogP contribution in [-0.2, 0) is 25.4 Å². The van der Waals surface area contributed by atoms with Gasteiger partial charge in [0.05, 0.1) is 0 Å². The van der Waals surface area contributed by atoms with Crippen molar-refractivity contribution in [2.24, 2.45) is 0 Å². The van der Waals surface area contributed by atoms with Crippen molar-refractivity contribution in [3.05, 3.63) is 35.4 Å². The SMILES string of the molecule is CCc1ccc(C(C)(O)P(=O)(OC)OC)cc1. The highest BCUT2D eigenvalue weighted by atomic mass is 31.2. The zero-order chi connectivity index (χ0) is 13.1. The third-order valence-electron chi connectivity index (χ3n) is 2.92. The van der Waals surface area contributed by atoms with Crippen LogP contribution in [0.3, 0.4) is 0 Å². The fourth-order valence-corrected chi connectivity index (χ4v) is 2.97. The molecule has 0 amide bonds. The zero-order valence-corrected chi connectivity index (χ0v) is 11.5. The fourth-order valence-electron chi connectivity index (χ4n) is 1.64. The second-order valence-electron chi connectivity index (χ2n) is 3.93. The van der Waals surface area contributed by atoms with E-state index in [2.05, 4.69) is 0 Å². The van der Waals surface area contributed by atoms with E-state index in [1.54, 1.807) is 12.1 Å². The van der Waals surface area contributed by atoms with E-state index < -0.39 is 12.9 Å². The predicted octanol–water partition coefficient (Wildman–Crippen LogP) is 2.90. The van der Waals surface area contributed by atoms with Crippen molar-refractivity contribution >= 4 is 7.60 Å². The quantitative estimate of drug-likeness (QED) is 0.825. The van der Waals surface area contributed by atoms with Gasteiger partial charge in [0, 0.05) is 14.2 Å². The number of hydrogen-bond acceptors (Lipinski definition) is 4. The van der Waals surface area contributed by atoms with Crippen LogP contribution < -0.4 is 0 Å². The number of benzene rings is 1. The summed E-state index contributed by atoms with van der Waals surface area (Å²) in [6.07, 6.45) is 0.911. The van der Waals surface area contributed by atoms with Gasteiger partial charge in [0.1, 0.15) is 0 Å². The summed E-state index contributed by atoms with van der Waals surface area (Å²) < 4.78 is 21.9. The van der Waals surface area contributed by atoms with E-state index in [0.717, 1.165) is 12.0 Å². The molecule has 0 aliphatic rings. The molecule has 1 N–H and O–H groups in total. The Morgan fingerprint density at radius 1 is 1.24 bits per heavy atom. The highest BCUT2D eigenvalue weighted by Crippen LogP contribution is 2.62. The first kappa shape index (κ1) is 14.4. The minimum atomic E-state index is -3.57. The first-order valence-electron chi connectivity index (χ1n) is 5.44. The second-order valence-corrected chi connectivity index (χ2v) is 6.53. The molecule has 0 aliphatic heterocycles. The van der Waals surface area contributed by atoms with E-state index >= 15 is 0 Å². The molecule has 0 saturated heterocycles. The molecule has 0 heterocycles. The van der Waals surface area contributed by atoms with Crippen molar-refractivity contribution in [1.29, 1.82) is 0 Å². The van der Waals surface area contributed by atoms with Gasteiger partial charge in [-0.05, 0) is 24.5 Å². The lowest BCUT2D eigenvalue weighted by molar-refractivity contribution is 0.0932. The topological polar surface area (TPSA) is 55.8 Å². The Bertz CT molecular complexity index is 403. The predicted molar refractivity (Wildman–Crippen MR) is 67.0 cm³/mol.